The topological polar surface area (TPSA) is 58.5 Å². The molecule has 0 saturated carbocycles. The molecule has 4 aromatic rings. The molecular weight excluding hydrogens is 430 g/mol. The second kappa shape index (κ2) is 9.60. The zero-order chi connectivity index (χ0) is 22.6. The van der Waals surface area contributed by atoms with Gasteiger partial charge in [0.1, 0.15) is 21.2 Å². The van der Waals surface area contributed by atoms with Gasteiger partial charge in [-0.1, -0.05) is 72.8 Å². The van der Waals surface area contributed by atoms with Crippen molar-refractivity contribution in [2.45, 2.75) is 0 Å². The standard InChI is InChI=1S/C26H30N4P2/c1-29(2)30(31(27,23-15-7-3-8-16-23)24-17-9-4-10-18-24)32(28,25-19-11-5-12-20-25)26-21-13-6-14-22-26/h3-22H,27-28H2,1-2H3/q+2. The maximum atomic E-state index is 7.59. The van der Waals surface area contributed by atoms with E-state index < -0.39 is 15.1 Å². The Bertz CT molecular complexity index is 956. The summed E-state index contributed by atoms with van der Waals surface area (Å²) in [4.78, 5) is 0. The van der Waals surface area contributed by atoms with E-state index in [9.17, 15) is 0 Å². The van der Waals surface area contributed by atoms with Crippen molar-refractivity contribution in [1.29, 1.82) is 0 Å². The van der Waals surface area contributed by atoms with Crippen molar-refractivity contribution < 1.29 is 0 Å². The first-order valence-corrected chi connectivity index (χ1v) is 14.2. The van der Waals surface area contributed by atoms with Crippen LogP contribution in [0.2, 0.25) is 0 Å². The number of hydrazine groups is 1. The van der Waals surface area contributed by atoms with Crippen LogP contribution in [0.3, 0.4) is 0 Å². The third kappa shape index (κ3) is 4.02. The Labute approximate surface area is 192 Å². The van der Waals surface area contributed by atoms with Crippen LogP contribution in [0.5, 0.6) is 0 Å². The molecular formula is C26H30N4P2+2. The van der Waals surface area contributed by atoms with Crippen molar-refractivity contribution >= 4 is 36.3 Å². The molecule has 32 heavy (non-hydrogen) atoms. The molecule has 4 N–H and O–H groups in total. The van der Waals surface area contributed by atoms with E-state index in [4.69, 9.17) is 11.0 Å². The summed E-state index contributed by atoms with van der Waals surface area (Å²) < 4.78 is 2.30. The minimum Gasteiger partial charge on any atom is -0.180 e. The lowest BCUT2D eigenvalue weighted by Crippen LogP contribution is -2.54. The highest BCUT2D eigenvalue weighted by atomic mass is 31.3. The summed E-state index contributed by atoms with van der Waals surface area (Å²) in [5.41, 5.74) is 15.2. The Kier molecular flexibility index (Phi) is 6.83. The Morgan fingerprint density at radius 2 is 0.656 bits per heavy atom. The third-order valence-electron chi connectivity index (χ3n) is 5.52. The maximum absolute atomic E-state index is 7.59. The number of nitrogens with zero attached hydrogens (tertiary/aromatic N) is 2. The lowest BCUT2D eigenvalue weighted by atomic mass is 10.4. The second-order valence-electron chi connectivity index (χ2n) is 7.83. The molecule has 0 amide bonds. The molecule has 0 heterocycles. The molecule has 0 aliphatic heterocycles. The van der Waals surface area contributed by atoms with E-state index in [-0.39, 0.29) is 0 Å². The smallest absolute Gasteiger partial charge is 0.180 e. The molecule has 0 fully saturated rings. The van der Waals surface area contributed by atoms with Crippen LogP contribution in [0.1, 0.15) is 0 Å². The Morgan fingerprint density at radius 3 is 0.844 bits per heavy atom. The normalized spacial score (nSPS) is 12.3. The van der Waals surface area contributed by atoms with Gasteiger partial charge >= 0.3 is 0 Å². The van der Waals surface area contributed by atoms with Crippen LogP contribution >= 0.6 is 15.1 Å². The summed E-state index contributed by atoms with van der Waals surface area (Å²) in [6, 6.07) is 41.5. The molecule has 4 rings (SSSR count). The highest BCUT2D eigenvalue weighted by Gasteiger charge is 2.64. The minimum absolute atomic E-state index is 1.08. The van der Waals surface area contributed by atoms with Gasteiger partial charge in [0.15, 0.2) is 0 Å². The third-order valence-corrected chi connectivity index (χ3v) is 13.4. The highest BCUT2D eigenvalue weighted by Crippen LogP contribution is 2.69. The quantitative estimate of drug-likeness (QED) is 0.326. The van der Waals surface area contributed by atoms with Gasteiger partial charge < -0.3 is 0 Å². The van der Waals surface area contributed by atoms with Gasteiger partial charge in [-0.25, -0.2) is 0 Å². The SMILES string of the molecule is CN(C)N([P+](N)(c1ccccc1)c1ccccc1)[P+](N)(c1ccccc1)c1ccccc1. The average Bonchev–Trinajstić information content (AvgIpc) is 2.86. The first kappa shape index (κ1) is 22.8. The van der Waals surface area contributed by atoms with E-state index >= 15 is 0 Å². The number of rotatable bonds is 7. The number of nitrogens with two attached hydrogens (primary N) is 2. The largest absolute Gasteiger partial charge is 0.272 e. The molecule has 0 atom stereocenters. The lowest BCUT2D eigenvalue weighted by molar-refractivity contribution is 0.240. The van der Waals surface area contributed by atoms with Crippen LogP contribution in [-0.2, 0) is 0 Å². The van der Waals surface area contributed by atoms with Gasteiger partial charge in [-0.05, 0) is 48.5 Å². The maximum Gasteiger partial charge on any atom is 0.272 e. The van der Waals surface area contributed by atoms with Gasteiger partial charge in [0.05, 0.1) is 4.55 Å². The Balaban J connectivity index is 2.06. The van der Waals surface area contributed by atoms with Crippen LogP contribution in [0.25, 0.3) is 0 Å². The Hall–Kier alpha value is -2.42. The van der Waals surface area contributed by atoms with Crippen LogP contribution in [0.4, 0.5) is 0 Å². The fraction of sp³-hybridized carbons (Fsp3) is 0.0769. The summed E-state index contributed by atoms with van der Waals surface area (Å²) in [7, 11) is -1.13. The van der Waals surface area contributed by atoms with E-state index in [0.717, 1.165) is 21.2 Å². The van der Waals surface area contributed by atoms with E-state index in [2.05, 4.69) is 107 Å². The van der Waals surface area contributed by atoms with Crippen LogP contribution in [-0.4, -0.2) is 23.7 Å². The van der Waals surface area contributed by atoms with Crippen molar-refractivity contribution in [3.63, 3.8) is 0 Å². The molecule has 0 bridgehead atoms. The molecule has 0 aliphatic rings. The van der Waals surface area contributed by atoms with Gasteiger partial charge in [0, 0.05) is 14.1 Å². The zero-order valence-electron chi connectivity index (χ0n) is 18.5. The molecule has 0 aliphatic carbocycles. The van der Waals surface area contributed by atoms with Gasteiger partial charge in [-0.3, -0.25) is 0 Å². The fourth-order valence-corrected chi connectivity index (χ4v) is 12.2. The van der Waals surface area contributed by atoms with Gasteiger partial charge in [0.2, 0.25) is 0 Å². The van der Waals surface area contributed by atoms with Crippen molar-refractivity contribution in [3.8, 4) is 0 Å². The molecule has 0 radical (unpaired) electrons. The van der Waals surface area contributed by atoms with E-state index in [1.807, 2.05) is 38.4 Å². The van der Waals surface area contributed by atoms with Gasteiger partial charge in [-0.2, -0.15) is 16.0 Å². The van der Waals surface area contributed by atoms with E-state index in [1.165, 1.54) is 0 Å². The number of benzene rings is 4. The molecule has 0 aromatic heterocycles. The number of hydrogen-bond acceptors (Lipinski definition) is 4. The van der Waals surface area contributed by atoms with Crippen LogP contribution in [0.15, 0.2) is 121 Å². The molecule has 162 valence electrons. The molecule has 4 aromatic carbocycles. The van der Waals surface area contributed by atoms with Crippen LogP contribution in [0, 0.1) is 0 Å². The molecule has 0 saturated heterocycles. The first-order valence-electron chi connectivity index (χ1n) is 10.5. The average molecular weight is 461 g/mol. The lowest BCUT2D eigenvalue weighted by Gasteiger charge is -2.40. The summed E-state index contributed by atoms with van der Waals surface area (Å²) >= 11 is 0. The Morgan fingerprint density at radius 1 is 0.438 bits per heavy atom. The summed E-state index contributed by atoms with van der Waals surface area (Å²) in [5, 5.41) is 6.44. The fourth-order valence-electron chi connectivity index (χ4n) is 4.12. The van der Waals surface area contributed by atoms with Crippen molar-refractivity contribution in [1.82, 2.24) is 9.56 Å². The molecule has 4 nitrogen and oxygen atoms in total. The molecule has 0 unspecified atom stereocenters. The van der Waals surface area contributed by atoms with Crippen molar-refractivity contribution in [2.75, 3.05) is 14.1 Å². The van der Waals surface area contributed by atoms with E-state index in [0.29, 0.717) is 0 Å². The van der Waals surface area contributed by atoms with Crippen LogP contribution < -0.4 is 32.2 Å². The predicted molar refractivity (Wildman–Crippen MR) is 142 cm³/mol. The minimum atomic E-state index is -2.61. The van der Waals surface area contributed by atoms with Gasteiger partial charge in [-0.15, -0.1) is 0 Å². The first-order chi connectivity index (χ1) is 15.5. The summed E-state index contributed by atoms with van der Waals surface area (Å²) in [6.07, 6.45) is 0. The second-order valence-corrected chi connectivity index (χ2v) is 13.7. The summed E-state index contributed by atoms with van der Waals surface area (Å²) in [5.74, 6) is 0. The molecule has 6 heteroatoms. The van der Waals surface area contributed by atoms with Crippen molar-refractivity contribution in [2.24, 2.45) is 11.0 Å². The highest BCUT2D eigenvalue weighted by molar-refractivity contribution is 7.98. The zero-order valence-corrected chi connectivity index (χ0v) is 20.3. The van der Waals surface area contributed by atoms with Crippen molar-refractivity contribution in [3.05, 3.63) is 121 Å². The molecule has 0 spiro atoms. The predicted octanol–water partition coefficient (Wildman–Crippen LogP) is 3.68. The summed E-state index contributed by atoms with van der Waals surface area (Å²) in [6.45, 7) is 0. The number of hydrogen-bond donors (Lipinski definition) is 2. The van der Waals surface area contributed by atoms with E-state index in [1.54, 1.807) is 0 Å². The van der Waals surface area contributed by atoms with Gasteiger partial charge in [0.25, 0.3) is 15.1 Å². The monoisotopic (exact) mass is 460 g/mol.